The molecule has 66 valence electrons. The zero-order valence-corrected chi connectivity index (χ0v) is 8.27. The summed E-state index contributed by atoms with van der Waals surface area (Å²) in [5.74, 6) is 0. The molecule has 0 saturated heterocycles. The fourth-order valence-corrected chi connectivity index (χ4v) is 1.83. The van der Waals surface area contributed by atoms with Crippen molar-refractivity contribution in [1.29, 1.82) is 0 Å². The quantitative estimate of drug-likeness (QED) is 0.763. The molecule has 1 nitrogen and oxygen atoms in total. The van der Waals surface area contributed by atoms with Crippen molar-refractivity contribution in [1.82, 2.24) is 0 Å². The van der Waals surface area contributed by atoms with E-state index in [0.29, 0.717) is 0 Å². The van der Waals surface area contributed by atoms with Crippen LogP contribution in [-0.4, -0.2) is 0 Å². The van der Waals surface area contributed by atoms with Crippen molar-refractivity contribution < 1.29 is 0 Å². The van der Waals surface area contributed by atoms with Crippen LogP contribution in [0.2, 0.25) is 0 Å². The molecule has 0 spiro atoms. The molecule has 2 rings (SSSR count). The topological polar surface area (TPSA) is 12.0 Å². The highest BCUT2D eigenvalue weighted by Crippen LogP contribution is 2.21. The molecule has 0 amide bonds. The van der Waals surface area contributed by atoms with E-state index in [-0.39, 0.29) is 0 Å². The van der Waals surface area contributed by atoms with Gasteiger partial charge in [0.25, 0.3) is 0 Å². The maximum Gasteiger partial charge on any atom is 0.0495 e. The second-order valence-electron chi connectivity index (χ2n) is 2.94. The summed E-state index contributed by atoms with van der Waals surface area (Å²) >= 11 is 1.76. The third-order valence-electron chi connectivity index (χ3n) is 1.79. The van der Waals surface area contributed by atoms with E-state index in [0.717, 1.165) is 5.69 Å². The van der Waals surface area contributed by atoms with E-state index in [9.17, 15) is 0 Å². The number of thiophene rings is 1. The molecule has 1 aromatic heterocycles. The Balaban J connectivity index is 2.15. The van der Waals surface area contributed by atoms with Crippen LogP contribution >= 0.6 is 11.3 Å². The number of nitrogens with one attached hydrogen (secondary N) is 1. The minimum absolute atomic E-state index is 1.14. The van der Waals surface area contributed by atoms with Crippen LogP contribution in [-0.2, 0) is 0 Å². The lowest BCUT2D eigenvalue weighted by Gasteiger charge is -2.01. The van der Waals surface area contributed by atoms with Gasteiger partial charge in [-0.15, -0.1) is 11.3 Å². The van der Waals surface area contributed by atoms with E-state index >= 15 is 0 Å². The van der Waals surface area contributed by atoms with Crippen LogP contribution in [0.15, 0.2) is 41.8 Å². The van der Waals surface area contributed by atoms with Gasteiger partial charge in [0.05, 0.1) is 0 Å². The molecule has 0 saturated carbocycles. The van der Waals surface area contributed by atoms with Crippen molar-refractivity contribution in [3.05, 3.63) is 46.7 Å². The summed E-state index contributed by atoms with van der Waals surface area (Å²) < 4.78 is 0. The number of anilines is 2. The number of hydrogen-bond donors (Lipinski definition) is 1. The molecule has 0 atom stereocenters. The van der Waals surface area contributed by atoms with Crippen molar-refractivity contribution in [2.45, 2.75) is 6.92 Å². The summed E-state index contributed by atoms with van der Waals surface area (Å²) in [5.41, 5.74) is 2.31. The van der Waals surface area contributed by atoms with Crippen molar-refractivity contribution in [2.24, 2.45) is 0 Å². The Morgan fingerprint density at radius 1 is 1.08 bits per heavy atom. The van der Waals surface area contributed by atoms with Crippen LogP contribution in [0.1, 0.15) is 4.88 Å². The Kier molecular flexibility index (Phi) is 2.32. The zero-order chi connectivity index (χ0) is 9.10. The smallest absolute Gasteiger partial charge is 0.0495 e. The van der Waals surface area contributed by atoms with Crippen molar-refractivity contribution in [3.8, 4) is 0 Å². The van der Waals surface area contributed by atoms with Crippen LogP contribution in [0.3, 0.4) is 0 Å². The van der Waals surface area contributed by atoms with Gasteiger partial charge in [-0.25, -0.2) is 0 Å². The number of aryl methyl sites for hydroxylation is 1. The van der Waals surface area contributed by atoms with Crippen LogP contribution in [0, 0.1) is 6.92 Å². The van der Waals surface area contributed by atoms with E-state index in [1.807, 2.05) is 18.2 Å². The lowest BCUT2D eigenvalue weighted by atomic mass is 10.3. The fourth-order valence-electron chi connectivity index (χ4n) is 1.20. The predicted octanol–water partition coefficient (Wildman–Crippen LogP) is 3.80. The fraction of sp³-hybridized carbons (Fsp3) is 0.0909. The predicted molar refractivity (Wildman–Crippen MR) is 58.8 cm³/mol. The number of benzene rings is 1. The van der Waals surface area contributed by atoms with Gasteiger partial charge in [-0.3, -0.25) is 0 Å². The summed E-state index contributed by atoms with van der Waals surface area (Å²) in [5, 5.41) is 5.46. The molecule has 1 heterocycles. The first-order valence-corrected chi connectivity index (χ1v) is 5.10. The van der Waals surface area contributed by atoms with Gasteiger partial charge < -0.3 is 5.32 Å². The van der Waals surface area contributed by atoms with Crippen LogP contribution in [0.5, 0.6) is 0 Å². The van der Waals surface area contributed by atoms with Gasteiger partial charge in [0.15, 0.2) is 0 Å². The van der Waals surface area contributed by atoms with E-state index in [4.69, 9.17) is 0 Å². The molecule has 0 aliphatic rings. The van der Waals surface area contributed by atoms with Crippen LogP contribution in [0.25, 0.3) is 0 Å². The number of hydrogen-bond acceptors (Lipinski definition) is 2. The number of rotatable bonds is 2. The van der Waals surface area contributed by atoms with E-state index < -0.39 is 0 Å². The number of para-hydroxylation sites is 1. The molecular weight excluding hydrogens is 181 g/mol. The minimum atomic E-state index is 1.14. The molecule has 0 aliphatic carbocycles. The highest BCUT2D eigenvalue weighted by Gasteiger charge is 1.95. The first-order valence-electron chi connectivity index (χ1n) is 4.22. The van der Waals surface area contributed by atoms with Gasteiger partial charge >= 0.3 is 0 Å². The van der Waals surface area contributed by atoms with Gasteiger partial charge in [0.1, 0.15) is 0 Å². The lowest BCUT2D eigenvalue weighted by molar-refractivity contribution is 1.56. The molecule has 1 aromatic carbocycles. The summed E-state index contributed by atoms with van der Waals surface area (Å²) in [7, 11) is 0. The molecule has 0 fully saturated rings. The Labute approximate surface area is 82.0 Å². The first-order chi connectivity index (χ1) is 6.34. The van der Waals surface area contributed by atoms with Gasteiger partial charge in [0, 0.05) is 21.6 Å². The normalized spacial score (nSPS) is 9.92. The van der Waals surface area contributed by atoms with E-state index in [1.54, 1.807) is 11.3 Å². The average Bonchev–Trinajstić information content (AvgIpc) is 2.53. The van der Waals surface area contributed by atoms with Gasteiger partial charge in [-0.05, 0) is 25.1 Å². The second kappa shape index (κ2) is 3.62. The molecule has 2 heteroatoms. The summed E-state index contributed by atoms with van der Waals surface area (Å²) in [6.07, 6.45) is 0. The third-order valence-corrected chi connectivity index (χ3v) is 2.65. The lowest BCUT2D eigenvalue weighted by Crippen LogP contribution is -1.85. The maximum atomic E-state index is 3.34. The average molecular weight is 192 g/mol. The molecule has 0 bridgehead atoms. The van der Waals surface area contributed by atoms with Gasteiger partial charge in [-0.1, -0.05) is 18.2 Å². The van der Waals surface area contributed by atoms with E-state index in [2.05, 4.69) is 35.8 Å². The van der Waals surface area contributed by atoms with Gasteiger partial charge in [0.2, 0.25) is 0 Å². The monoisotopic (exact) mass is 192 g/mol. The van der Waals surface area contributed by atoms with Crippen molar-refractivity contribution in [3.63, 3.8) is 0 Å². The molecule has 2 aromatic rings. The van der Waals surface area contributed by atoms with Crippen LogP contribution < -0.4 is 5.32 Å². The Hall–Kier alpha value is -1.28. The Morgan fingerprint density at radius 3 is 2.46 bits per heavy atom. The van der Waals surface area contributed by atoms with Crippen molar-refractivity contribution in [2.75, 3.05) is 5.32 Å². The SMILES string of the molecule is C[13c]1[13cH][13c](Nc2ccccc2)cs1. The largest absolute Gasteiger partial charge is 0.355 e. The molecule has 0 unspecified atom stereocenters. The maximum absolute atomic E-state index is 3.34. The minimum Gasteiger partial charge on any atom is -0.355 e. The zero-order valence-electron chi connectivity index (χ0n) is 7.45. The van der Waals surface area contributed by atoms with E-state index in [1.165, 1.54) is 10.6 Å². The molecule has 0 aliphatic heterocycles. The molecular formula is C11H11NS. The van der Waals surface area contributed by atoms with Crippen LogP contribution in [0.4, 0.5) is 11.4 Å². The summed E-state index contributed by atoms with van der Waals surface area (Å²) in [4.78, 5) is 1.33. The van der Waals surface area contributed by atoms with Gasteiger partial charge in [-0.2, -0.15) is 0 Å². The molecule has 1 N–H and O–H groups in total. The second-order valence-corrected chi connectivity index (χ2v) is 4.05. The standard InChI is InChI=1S/C11H11NS/c1-9-7-11(8-13-9)12-10-5-3-2-4-6-10/h2-8,12H,1H3/i7+1,9+1,11+1. The third kappa shape index (κ3) is 2.10. The Morgan fingerprint density at radius 2 is 1.85 bits per heavy atom. The highest BCUT2D eigenvalue weighted by atomic mass is 32.1. The summed E-state index contributed by atoms with van der Waals surface area (Å²) in [6, 6.07) is 12.4. The molecule has 0 radical (unpaired) electrons. The molecule has 13 heavy (non-hydrogen) atoms. The highest BCUT2D eigenvalue weighted by molar-refractivity contribution is 7.10. The Bertz CT molecular complexity index is 378. The first kappa shape index (κ1) is 8.32. The van der Waals surface area contributed by atoms with Crippen molar-refractivity contribution >= 4 is 22.7 Å². The summed E-state index contributed by atoms with van der Waals surface area (Å²) in [6.45, 7) is 2.11.